The Hall–Kier alpha value is -5.25. The molecule has 1 aromatic heterocycles. The maximum atomic E-state index is 13.7. The van der Waals surface area contributed by atoms with E-state index in [9.17, 15) is 19.7 Å². The Labute approximate surface area is 224 Å². The van der Waals surface area contributed by atoms with Gasteiger partial charge in [0.2, 0.25) is 0 Å². The summed E-state index contributed by atoms with van der Waals surface area (Å²) in [5.74, 6) is -0.399. The predicted octanol–water partition coefficient (Wildman–Crippen LogP) is 5.59. The molecular weight excluding hydrogens is 496 g/mol. The summed E-state index contributed by atoms with van der Waals surface area (Å²) in [7, 11) is 0. The third kappa shape index (κ3) is 4.99. The van der Waals surface area contributed by atoms with Crippen LogP contribution < -0.4 is 16.0 Å². The first-order valence-corrected chi connectivity index (χ1v) is 12.3. The number of allylic oxidation sites excluding steroid dienone is 1. The topological polar surface area (TPSA) is 131 Å². The molecule has 0 saturated carbocycles. The molecule has 0 radical (unpaired) electrons. The van der Waals surface area contributed by atoms with Crippen LogP contribution in [0.1, 0.15) is 40.0 Å². The fourth-order valence-corrected chi connectivity index (χ4v) is 4.70. The van der Waals surface area contributed by atoms with Gasteiger partial charge in [-0.3, -0.25) is 19.7 Å². The van der Waals surface area contributed by atoms with Crippen molar-refractivity contribution in [3.05, 3.63) is 123 Å². The molecule has 1 aliphatic heterocycles. The lowest BCUT2D eigenvalue weighted by atomic mass is 9.94. The van der Waals surface area contributed by atoms with E-state index >= 15 is 0 Å². The molecule has 3 N–H and O–H groups in total. The average molecular weight is 523 g/mol. The van der Waals surface area contributed by atoms with E-state index in [-0.39, 0.29) is 23.1 Å². The number of carbonyl (C=O) groups is 2. The summed E-state index contributed by atoms with van der Waals surface area (Å²) in [5, 5.41) is 25.0. The molecule has 5 rings (SSSR count). The monoisotopic (exact) mass is 522 g/mol. The van der Waals surface area contributed by atoms with Gasteiger partial charge in [0.15, 0.2) is 0 Å². The standard InChI is InChI=1S/C29H26N6O4/c1-17-12-13-24(18(2)14-17)33-29(37)25-19(3)31-27-23(28(36)32-21-9-5-4-6-10-21)16-30-34(27)26(25)20-8-7-11-22(15-20)35(38)39/h4-16,26,31H,1-3H3,(H,32,36)(H,33,37). The van der Waals surface area contributed by atoms with E-state index in [4.69, 9.17) is 0 Å². The Morgan fingerprint density at radius 2 is 1.72 bits per heavy atom. The van der Waals surface area contributed by atoms with Gasteiger partial charge in [-0.2, -0.15) is 5.10 Å². The second-order valence-corrected chi connectivity index (χ2v) is 9.36. The minimum atomic E-state index is -0.829. The van der Waals surface area contributed by atoms with E-state index in [1.54, 1.807) is 31.2 Å². The molecule has 0 aliphatic carbocycles. The number of nitrogens with zero attached hydrogens (tertiary/aromatic N) is 3. The van der Waals surface area contributed by atoms with Crippen molar-refractivity contribution in [1.82, 2.24) is 9.78 Å². The van der Waals surface area contributed by atoms with Gasteiger partial charge < -0.3 is 16.0 Å². The molecule has 0 spiro atoms. The summed E-state index contributed by atoms with van der Waals surface area (Å²) >= 11 is 0. The van der Waals surface area contributed by atoms with Crippen molar-refractivity contribution < 1.29 is 14.5 Å². The van der Waals surface area contributed by atoms with Crippen molar-refractivity contribution in [3.8, 4) is 0 Å². The Kier molecular flexibility index (Phi) is 6.68. The summed E-state index contributed by atoms with van der Waals surface area (Å²) < 4.78 is 1.52. The molecule has 2 amide bonds. The number of para-hydroxylation sites is 1. The molecule has 2 heterocycles. The van der Waals surface area contributed by atoms with E-state index in [0.717, 1.165) is 11.1 Å². The SMILES string of the molecule is CC1=C(C(=O)Nc2ccc(C)cc2C)C(c2cccc([N+](=O)[O-])c2)n2ncc(C(=O)Nc3ccccc3)c2N1. The van der Waals surface area contributed by atoms with Crippen molar-refractivity contribution >= 4 is 34.7 Å². The Bertz CT molecular complexity index is 1640. The number of nitro benzene ring substituents is 1. The number of benzene rings is 3. The third-order valence-electron chi connectivity index (χ3n) is 6.57. The molecule has 10 nitrogen and oxygen atoms in total. The second-order valence-electron chi connectivity index (χ2n) is 9.36. The number of non-ortho nitro benzene ring substituents is 1. The van der Waals surface area contributed by atoms with E-state index < -0.39 is 11.0 Å². The quantitative estimate of drug-likeness (QED) is 0.224. The second kappa shape index (κ2) is 10.3. The maximum absolute atomic E-state index is 13.7. The van der Waals surface area contributed by atoms with Gasteiger partial charge in [-0.05, 0) is 50.1 Å². The molecular formula is C29H26N6O4. The van der Waals surface area contributed by atoms with Gasteiger partial charge in [-0.25, -0.2) is 4.68 Å². The van der Waals surface area contributed by atoms with Crippen LogP contribution in [0, 0.1) is 24.0 Å². The van der Waals surface area contributed by atoms with Crippen LogP contribution >= 0.6 is 0 Å². The average Bonchev–Trinajstić information content (AvgIpc) is 3.33. The van der Waals surface area contributed by atoms with E-state index in [1.165, 1.54) is 23.0 Å². The molecule has 0 bridgehead atoms. The number of anilines is 3. The molecule has 196 valence electrons. The number of amides is 2. The molecule has 10 heteroatoms. The highest BCUT2D eigenvalue weighted by Gasteiger charge is 2.36. The van der Waals surface area contributed by atoms with E-state index in [0.29, 0.717) is 34.0 Å². The molecule has 1 atom stereocenters. The van der Waals surface area contributed by atoms with Crippen molar-refractivity contribution in [2.75, 3.05) is 16.0 Å². The van der Waals surface area contributed by atoms with Crippen LogP contribution in [0.5, 0.6) is 0 Å². The minimum Gasteiger partial charge on any atom is -0.343 e. The first kappa shape index (κ1) is 25.4. The summed E-state index contributed by atoms with van der Waals surface area (Å²) in [5.41, 5.74) is 4.68. The number of hydrogen-bond donors (Lipinski definition) is 3. The van der Waals surface area contributed by atoms with Crippen LogP contribution in [0.4, 0.5) is 22.9 Å². The molecule has 0 saturated heterocycles. The summed E-state index contributed by atoms with van der Waals surface area (Å²) in [6, 6.07) is 20.0. The van der Waals surface area contributed by atoms with Crippen molar-refractivity contribution in [2.45, 2.75) is 26.8 Å². The maximum Gasteiger partial charge on any atom is 0.269 e. The van der Waals surface area contributed by atoms with Gasteiger partial charge in [-0.15, -0.1) is 0 Å². The van der Waals surface area contributed by atoms with E-state index in [1.807, 2.05) is 50.2 Å². The van der Waals surface area contributed by atoms with Crippen LogP contribution in [-0.4, -0.2) is 26.5 Å². The van der Waals surface area contributed by atoms with Crippen LogP contribution in [0.2, 0.25) is 0 Å². The first-order chi connectivity index (χ1) is 18.7. The van der Waals surface area contributed by atoms with Crippen molar-refractivity contribution in [1.29, 1.82) is 0 Å². The Morgan fingerprint density at radius 3 is 2.44 bits per heavy atom. The van der Waals surface area contributed by atoms with Crippen LogP contribution in [-0.2, 0) is 4.79 Å². The number of fused-ring (bicyclic) bond motifs is 1. The smallest absolute Gasteiger partial charge is 0.269 e. The molecule has 0 fully saturated rings. The zero-order valence-corrected chi connectivity index (χ0v) is 21.6. The van der Waals surface area contributed by atoms with Crippen molar-refractivity contribution in [3.63, 3.8) is 0 Å². The lowest BCUT2D eigenvalue weighted by Gasteiger charge is -2.30. The van der Waals surface area contributed by atoms with Crippen LogP contribution in [0.15, 0.2) is 90.3 Å². The number of aryl methyl sites for hydroxylation is 2. The molecule has 1 unspecified atom stereocenters. The Balaban J connectivity index is 1.58. The number of aromatic nitrogens is 2. The van der Waals surface area contributed by atoms with Crippen LogP contribution in [0.3, 0.4) is 0 Å². The fraction of sp³-hybridized carbons (Fsp3) is 0.138. The normalized spacial score (nSPS) is 14.3. The zero-order valence-electron chi connectivity index (χ0n) is 21.6. The van der Waals surface area contributed by atoms with Gasteiger partial charge in [0.25, 0.3) is 17.5 Å². The Morgan fingerprint density at radius 1 is 0.949 bits per heavy atom. The highest BCUT2D eigenvalue weighted by Crippen LogP contribution is 2.39. The summed E-state index contributed by atoms with van der Waals surface area (Å²) in [6.07, 6.45) is 1.42. The van der Waals surface area contributed by atoms with Crippen LogP contribution in [0.25, 0.3) is 0 Å². The first-order valence-electron chi connectivity index (χ1n) is 12.3. The molecule has 1 aliphatic rings. The lowest BCUT2D eigenvalue weighted by molar-refractivity contribution is -0.384. The van der Waals surface area contributed by atoms with Gasteiger partial charge >= 0.3 is 0 Å². The number of hydrogen-bond acceptors (Lipinski definition) is 6. The minimum absolute atomic E-state index is 0.117. The van der Waals surface area contributed by atoms with Gasteiger partial charge in [0, 0.05) is 29.2 Å². The van der Waals surface area contributed by atoms with E-state index in [2.05, 4.69) is 21.0 Å². The van der Waals surface area contributed by atoms with Gasteiger partial charge in [0.1, 0.15) is 17.4 Å². The van der Waals surface area contributed by atoms with Gasteiger partial charge in [-0.1, -0.05) is 48.0 Å². The highest BCUT2D eigenvalue weighted by molar-refractivity contribution is 6.09. The summed E-state index contributed by atoms with van der Waals surface area (Å²) in [4.78, 5) is 38.0. The number of rotatable bonds is 6. The predicted molar refractivity (Wildman–Crippen MR) is 149 cm³/mol. The molecule has 39 heavy (non-hydrogen) atoms. The summed E-state index contributed by atoms with van der Waals surface area (Å²) in [6.45, 7) is 5.61. The molecule has 3 aromatic carbocycles. The largest absolute Gasteiger partial charge is 0.343 e. The highest BCUT2D eigenvalue weighted by atomic mass is 16.6. The molecule has 4 aromatic rings. The number of carbonyl (C=O) groups excluding carboxylic acids is 2. The van der Waals surface area contributed by atoms with Gasteiger partial charge in [0.05, 0.1) is 16.7 Å². The lowest BCUT2D eigenvalue weighted by Crippen LogP contribution is -2.32. The zero-order chi connectivity index (χ0) is 27.7. The number of nitrogens with one attached hydrogen (secondary N) is 3. The third-order valence-corrected chi connectivity index (χ3v) is 6.57. The fourth-order valence-electron chi connectivity index (χ4n) is 4.70. The number of nitro groups is 1. The van der Waals surface area contributed by atoms with Crippen molar-refractivity contribution in [2.24, 2.45) is 0 Å².